The lowest BCUT2D eigenvalue weighted by molar-refractivity contribution is -0.0394. The molecule has 72 valence electrons. The van der Waals surface area contributed by atoms with E-state index < -0.39 is 0 Å². The summed E-state index contributed by atoms with van der Waals surface area (Å²) in [6, 6.07) is 1.31. The summed E-state index contributed by atoms with van der Waals surface area (Å²) in [7, 11) is 2.23. The molecule has 1 saturated heterocycles. The van der Waals surface area contributed by atoms with Gasteiger partial charge in [0.15, 0.2) is 0 Å². The number of likely N-dealkylation sites (N-methyl/N-ethyl adjacent to an activating group) is 1. The first-order valence-electron chi connectivity index (χ1n) is 5.09. The molecular weight excluding hydrogens is 150 g/mol. The van der Waals surface area contributed by atoms with Gasteiger partial charge < -0.3 is 4.74 Å². The Hall–Kier alpha value is -0.0800. The van der Waals surface area contributed by atoms with Crippen LogP contribution in [0.5, 0.6) is 0 Å². The third kappa shape index (κ3) is 2.20. The van der Waals surface area contributed by atoms with E-state index in [4.69, 9.17) is 4.74 Å². The van der Waals surface area contributed by atoms with Crippen LogP contribution in [0.25, 0.3) is 0 Å². The highest BCUT2D eigenvalue weighted by molar-refractivity contribution is 4.79. The van der Waals surface area contributed by atoms with Crippen molar-refractivity contribution >= 4 is 0 Å². The maximum absolute atomic E-state index is 5.57. The van der Waals surface area contributed by atoms with Crippen LogP contribution in [-0.4, -0.2) is 37.2 Å². The van der Waals surface area contributed by atoms with Crippen molar-refractivity contribution in [3.05, 3.63) is 0 Å². The second-order valence-electron chi connectivity index (χ2n) is 3.71. The van der Waals surface area contributed by atoms with E-state index >= 15 is 0 Å². The highest BCUT2D eigenvalue weighted by Gasteiger charge is 2.25. The van der Waals surface area contributed by atoms with Gasteiger partial charge in [0, 0.05) is 12.1 Å². The highest BCUT2D eigenvalue weighted by atomic mass is 16.5. The van der Waals surface area contributed by atoms with Crippen molar-refractivity contribution < 1.29 is 4.74 Å². The minimum absolute atomic E-state index is 0.648. The van der Waals surface area contributed by atoms with Crippen molar-refractivity contribution in [3.63, 3.8) is 0 Å². The molecule has 0 radical (unpaired) electrons. The molecule has 2 nitrogen and oxygen atoms in total. The van der Waals surface area contributed by atoms with Crippen molar-refractivity contribution in [2.75, 3.05) is 20.3 Å². The Balaban J connectivity index is 2.41. The zero-order valence-electron chi connectivity index (χ0n) is 8.55. The van der Waals surface area contributed by atoms with Gasteiger partial charge in [0.25, 0.3) is 0 Å². The predicted octanol–water partition coefficient (Wildman–Crippen LogP) is 1.90. The van der Waals surface area contributed by atoms with Crippen LogP contribution < -0.4 is 0 Å². The zero-order chi connectivity index (χ0) is 8.97. The van der Waals surface area contributed by atoms with Crippen LogP contribution in [0.15, 0.2) is 0 Å². The SMILES string of the molecule is CCCC1COCC(CC)N1C. The van der Waals surface area contributed by atoms with Gasteiger partial charge in [0.05, 0.1) is 13.2 Å². The van der Waals surface area contributed by atoms with Gasteiger partial charge in [-0.25, -0.2) is 0 Å². The third-order valence-corrected chi connectivity index (χ3v) is 2.87. The molecule has 0 aliphatic carbocycles. The van der Waals surface area contributed by atoms with E-state index in [2.05, 4.69) is 25.8 Å². The van der Waals surface area contributed by atoms with Crippen molar-refractivity contribution in [3.8, 4) is 0 Å². The lowest BCUT2D eigenvalue weighted by Crippen LogP contribution is -2.49. The van der Waals surface area contributed by atoms with Crippen LogP contribution in [0.4, 0.5) is 0 Å². The summed E-state index contributed by atoms with van der Waals surface area (Å²) in [5.41, 5.74) is 0. The molecule has 1 heterocycles. The number of rotatable bonds is 3. The Morgan fingerprint density at radius 3 is 2.50 bits per heavy atom. The van der Waals surface area contributed by atoms with Gasteiger partial charge in [-0.1, -0.05) is 20.3 Å². The Morgan fingerprint density at radius 2 is 1.92 bits per heavy atom. The first-order valence-corrected chi connectivity index (χ1v) is 5.09. The average molecular weight is 171 g/mol. The molecule has 0 bridgehead atoms. The smallest absolute Gasteiger partial charge is 0.0622 e. The summed E-state index contributed by atoms with van der Waals surface area (Å²) in [4.78, 5) is 2.49. The van der Waals surface area contributed by atoms with E-state index in [9.17, 15) is 0 Å². The number of hydrogen-bond acceptors (Lipinski definition) is 2. The molecule has 0 aromatic heterocycles. The molecule has 2 unspecified atom stereocenters. The van der Waals surface area contributed by atoms with Gasteiger partial charge >= 0.3 is 0 Å². The highest BCUT2D eigenvalue weighted by Crippen LogP contribution is 2.16. The van der Waals surface area contributed by atoms with Gasteiger partial charge in [-0.05, 0) is 19.9 Å². The van der Waals surface area contributed by atoms with Crippen LogP contribution in [0, 0.1) is 0 Å². The first kappa shape index (κ1) is 10.0. The number of morpholine rings is 1. The Kier molecular flexibility index (Phi) is 4.02. The molecule has 2 heteroatoms. The second kappa shape index (κ2) is 4.83. The third-order valence-electron chi connectivity index (χ3n) is 2.87. The number of ether oxygens (including phenoxy) is 1. The first-order chi connectivity index (χ1) is 5.79. The van der Waals surface area contributed by atoms with Gasteiger partial charge in [-0.15, -0.1) is 0 Å². The molecule has 0 aromatic carbocycles. The fourth-order valence-corrected chi connectivity index (χ4v) is 1.90. The predicted molar refractivity (Wildman–Crippen MR) is 51.4 cm³/mol. The van der Waals surface area contributed by atoms with Crippen LogP contribution in [0.3, 0.4) is 0 Å². The minimum atomic E-state index is 0.648. The summed E-state index contributed by atoms with van der Waals surface area (Å²) in [5.74, 6) is 0. The van der Waals surface area contributed by atoms with E-state index in [-0.39, 0.29) is 0 Å². The van der Waals surface area contributed by atoms with Crippen molar-refractivity contribution in [1.82, 2.24) is 4.90 Å². The van der Waals surface area contributed by atoms with Crippen molar-refractivity contribution in [2.24, 2.45) is 0 Å². The van der Waals surface area contributed by atoms with Crippen LogP contribution >= 0.6 is 0 Å². The standard InChI is InChI=1S/C10H21NO/c1-4-6-10-8-12-7-9(5-2)11(10)3/h9-10H,4-8H2,1-3H3. The van der Waals surface area contributed by atoms with E-state index in [0.29, 0.717) is 12.1 Å². The summed E-state index contributed by atoms with van der Waals surface area (Å²) in [5, 5.41) is 0. The normalized spacial score (nSPS) is 32.2. The number of nitrogens with zero attached hydrogens (tertiary/aromatic N) is 1. The Bertz CT molecular complexity index is 125. The average Bonchev–Trinajstić information content (AvgIpc) is 2.09. The van der Waals surface area contributed by atoms with Gasteiger partial charge in [0.1, 0.15) is 0 Å². The summed E-state index contributed by atoms with van der Waals surface area (Å²) < 4.78 is 5.57. The molecule has 0 saturated carbocycles. The van der Waals surface area contributed by atoms with Crippen LogP contribution in [0.2, 0.25) is 0 Å². The summed E-state index contributed by atoms with van der Waals surface area (Å²) in [6.07, 6.45) is 3.73. The fourth-order valence-electron chi connectivity index (χ4n) is 1.90. The topological polar surface area (TPSA) is 12.5 Å². The molecule has 0 aromatic rings. The molecule has 1 aliphatic rings. The van der Waals surface area contributed by atoms with E-state index in [0.717, 1.165) is 13.2 Å². The maximum atomic E-state index is 5.57. The Morgan fingerprint density at radius 1 is 1.25 bits per heavy atom. The van der Waals surface area contributed by atoms with Gasteiger partial charge in [0.2, 0.25) is 0 Å². The molecule has 1 aliphatic heterocycles. The zero-order valence-corrected chi connectivity index (χ0v) is 8.55. The Labute approximate surface area is 75.9 Å². The molecule has 2 atom stereocenters. The van der Waals surface area contributed by atoms with Crippen molar-refractivity contribution in [2.45, 2.75) is 45.2 Å². The molecule has 12 heavy (non-hydrogen) atoms. The minimum Gasteiger partial charge on any atom is -0.378 e. The van der Waals surface area contributed by atoms with Crippen LogP contribution in [0.1, 0.15) is 33.1 Å². The maximum Gasteiger partial charge on any atom is 0.0622 e. The molecule has 1 rings (SSSR count). The van der Waals surface area contributed by atoms with E-state index in [1.165, 1.54) is 19.3 Å². The fraction of sp³-hybridized carbons (Fsp3) is 1.00. The van der Waals surface area contributed by atoms with Gasteiger partial charge in [-0.3, -0.25) is 4.90 Å². The molecule has 0 N–H and O–H groups in total. The van der Waals surface area contributed by atoms with Gasteiger partial charge in [-0.2, -0.15) is 0 Å². The molecular formula is C10H21NO. The molecule has 1 fully saturated rings. The van der Waals surface area contributed by atoms with Crippen LogP contribution in [-0.2, 0) is 4.74 Å². The van der Waals surface area contributed by atoms with Crippen molar-refractivity contribution in [1.29, 1.82) is 0 Å². The van der Waals surface area contributed by atoms with E-state index in [1.807, 2.05) is 0 Å². The second-order valence-corrected chi connectivity index (χ2v) is 3.71. The largest absolute Gasteiger partial charge is 0.378 e. The lowest BCUT2D eigenvalue weighted by atomic mass is 10.1. The molecule has 0 amide bonds. The quantitative estimate of drug-likeness (QED) is 0.643. The number of hydrogen-bond donors (Lipinski definition) is 0. The van der Waals surface area contributed by atoms with E-state index in [1.54, 1.807) is 0 Å². The molecule has 0 spiro atoms. The monoisotopic (exact) mass is 171 g/mol. The summed E-state index contributed by atoms with van der Waals surface area (Å²) in [6.45, 7) is 6.33. The lowest BCUT2D eigenvalue weighted by Gasteiger charge is -2.39. The summed E-state index contributed by atoms with van der Waals surface area (Å²) >= 11 is 0.